The van der Waals surface area contributed by atoms with Crippen molar-refractivity contribution in [3.05, 3.63) is 29.3 Å². The van der Waals surface area contributed by atoms with Crippen LogP contribution in [0, 0.1) is 6.92 Å². The molecule has 0 aromatic heterocycles. The Labute approximate surface area is 101 Å². The fourth-order valence-corrected chi connectivity index (χ4v) is 1.26. The number of aryl methyl sites for hydroxylation is 1. The maximum absolute atomic E-state index is 11.6. The van der Waals surface area contributed by atoms with Gasteiger partial charge in [-0.2, -0.15) is 0 Å². The van der Waals surface area contributed by atoms with Crippen LogP contribution >= 0.6 is 0 Å². The summed E-state index contributed by atoms with van der Waals surface area (Å²) in [5, 5.41) is 2.62. The Morgan fingerprint density at radius 3 is 2.53 bits per heavy atom. The Bertz CT molecular complexity index is 433. The van der Waals surface area contributed by atoms with Gasteiger partial charge in [0.2, 0.25) is 0 Å². The van der Waals surface area contributed by atoms with E-state index in [2.05, 4.69) is 5.32 Å². The maximum Gasteiger partial charge on any atom is 0.412 e. The highest BCUT2D eigenvalue weighted by Gasteiger charge is 2.16. The largest absolute Gasteiger partial charge is 0.444 e. The molecule has 1 aromatic rings. The Morgan fingerprint density at radius 1 is 1.35 bits per heavy atom. The maximum atomic E-state index is 11.6. The minimum absolute atomic E-state index is 0.515. The summed E-state index contributed by atoms with van der Waals surface area (Å²) in [6.07, 6.45) is 0.211. The first-order valence-corrected chi connectivity index (χ1v) is 5.37. The molecule has 0 aliphatic rings. The molecule has 17 heavy (non-hydrogen) atoms. The summed E-state index contributed by atoms with van der Waals surface area (Å²) < 4.78 is 5.13. The van der Waals surface area contributed by atoms with Crippen LogP contribution in [0.3, 0.4) is 0 Å². The molecule has 4 heteroatoms. The molecule has 92 valence electrons. The molecule has 0 atom stereocenters. The van der Waals surface area contributed by atoms with Crippen LogP contribution < -0.4 is 5.32 Å². The topological polar surface area (TPSA) is 55.4 Å². The van der Waals surface area contributed by atoms with E-state index >= 15 is 0 Å². The van der Waals surface area contributed by atoms with Gasteiger partial charge in [0, 0.05) is 11.3 Å². The van der Waals surface area contributed by atoms with Gasteiger partial charge in [-0.05, 0) is 39.3 Å². The molecule has 0 saturated carbocycles. The summed E-state index contributed by atoms with van der Waals surface area (Å²) in [5.41, 5.74) is 1.44. The molecule has 0 spiro atoms. The van der Waals surface area contributed by atoms with E-state index in [1.54, 1.807) is 39.0 Å². The summed E-state index contributed by atoms with van der Waals surface area (Å²) in [6, 6.07) is 5.09. The molecule has 1 amide bonds. The zero-order valence-electron chi connectivity index (χ0n) is 10.5. The number of carbonyl (C=O) groups excluding carboxylic acids is 2. The standard InChI is InChI=1S/C13H17NO3/c1-9-5-6-10(8-15)7-11(9)14-12(16)17-13(2,3)4/h5-8H,1-4H3,(H,14,16). The summed E-state index contributed by atoms with van der Waals surface area (Å²) in [6.45, 7) is 7.23. The average molecular weight is 235 g/mol. The third kappa shape index (κ3) is 4.26. The minimum atomic E-state index is -0.541. The van der Waals surface area contributed by atoms with Crippen molar-refractivity contribution in [1.82, 2.24) is 0 Å². The van der Waals surface area contributed by atoms with Gasteiger partial charge in [-0.15, -0.1) is 0 Å². The van der Waals surface area contributed by atoms with E-state index in [1.165, 1.54) is 0 Å². The third-order valence-corrected chi connectivity index (χ3v) is 2.03. The lowest BCUT2D eigenvalue weighted by Gasteiger charge is -2.20. The van der Waals surface area contributed by atoms with Gasteiger partial charge in [0.05, 0.1) is 0 Å². The van der Waals surface area contributed by atoms with Crippen LogP contribution in [0.1, 0.15) is 36.7 Å². The lowest BCUT2D eigenvalue weighted by molar-refractivity contribution is 0.0635. The van der Waals surface area contributed by atoms with Crippen LogP contribution in [-0.4, -0.2) is 18.0 Å². The van der Waals surface area contributed by atoms with Crippen molar-refractivity contribution in [1.29, 1.82) is 0 Å². The SMILES string of the molecule is Cc1ccc(C=O)cc1NC(=O)OC(C)(C)C. The summed E-state index contributed by atoms with van der Waals surface area (Å²) in [4.78, 5) is 22.2. The monoisotopic (exact) mass is 235 g/mol. The molecule has 0 heterocycles. The highest BCUT2D eigenvalue weighted by Crippen LogP contribution is 2.17. The molecular weight excluding hydrogens is 218 g/mol. The van der Waals surface area contributed by atoms with E-state index in [-0.39, 0.29) is 0 Å². The molecule has 1 rings (SSSR count). The highest BCUT2D eigenvalue weighted by atomic mass is 16.6. The van der Waals surface area contributed by atoms with E-state index < -0.39 is 11.7 Å². The molecule has 0 saturated heterocycles. The van der Waals surface area contributed by atoms with Gasteiger partial charge < -0.3 is 4.74 Å². The predicted octanol–water partition coefficient (Wildman–Crippen LogP) is 3.15. The van der Waals surface area contributed by atoms with Gasteiger partial charge >= 0.3 is 6.09 Å². The summed E-state index contributed by atoms with van der Waals surface area (Å²) >= 11 is 0. The van der Waals surface area contributed by atoms with Gasteiger partial charge in [-0.3, -0.25) is 10.1 Å². The number of anilines is 1. The number of hydrogen-bond donors (Lipinski definition) is 1. The number of carbonyl (C=O) groups is 2. The van der Waals surface area contributed by atoms with Crippen molar-refractivity contribution >= 4 is 18.1 Å². The minimum Gasteiger partial charge on any atom is -0.444 e. The molecule has 0 aliphatic heterocycles. The molecule has 0 fully saturated rings. The molecular formula is C13H17NO3. The first-order chi connectivity index (χ1) is 7.81. The average Bonchev–Trinajstić information content (AvgIpc) is 2.18. The first-order valence-electron chi connectivity index (χ1n) is 5.37. The molecule has 0 aliphatic carbocycles. The van der Waals surface area contributed by atoms with Gasteiger partial charge in [0.1, 0.15) is 11.9 Å². The molecule has 0 bridgehead atoms. The van der Waals surface area contributed by atoms with Crippen LogP contribution in [0.25, 0.3) is 0 Å². The van der Waals surface area contributed by atoms with Gasteiger partial charge in [-0.1, -0.05) is 12.1 Å². The highest BCUT2D eigenvalue weighted by molar-refractivity contribution is 5.88. The quantitative estimate of drug-likeness (QED) is 0.801. The second-order valence-electron chi connectivity index (χ2n) is 4.82. The van der Waals surface area contributed by atoms with E-state index in [9.17, 15) is 9.59 Å². The van der Waals surface area contributed by atoms with Gasteiger partial charge in [0.15, 0.2) is 0 Å². The van der Waals surface area contributed by atoms with Crippen LogP contribution in [-0.2, 0) is 4.74 Å². The third-order valence-electron chi connectivity index (χ3n) is 2.03. The summed E-state index contributed by atoms with van der Waals surface area (Å²) in [7, 11) is 0. The number of hydrogen-bond acceptors (Lipinski definition) is 3. The second-order valence-corrected chi connectivity index (χ2v) is 4.82. The first kappa shape index (κ1) is 13.2. The van der Waals surface area contributed by atoms with Crippen molar-refractivity contribution in [3.63, 3.8) is 0 Å². The van der Waals surface area contributed by atoms with Crippen LogP contribution in [0.2, 0.25) is 0 Å². The van der Waals surface area contributed by atoms with Crippen molar-refractivity contribution in [2.45, 2.75) is 33.3 Å². The van der Waals surface area contributed by atoms with E-state index in [4.69, 9.17) is 4.74 Å². The Kier molecular flexibility index (Phi) is 3.89. The zero-order chi connectivity index (χ0) is 13.1. The van der Waals surface area contributed by atoms with Crippen LogP contribution in [0.15, 0.2) is 18.2 Å². The van der Waals surface area contributed by atoms with Crippen molar-refractivity contribution < 1.29 is 14.3 Å². The number of aldehydes is 1. The van der Waals surface area contributed by atoms with Crippen LogP contribution in [0.4, 0.5) is 10.5 Å². The number of rotatable bonds is 2. The fraction of sp³-hybridized carbons (Fsp3) is 0.385. The van der Waals surface area contributed by atoms with Crippen LogP contribution in [0.5, 0.6) is 0 Å². The molecule has 1 aromatic carbocycles. The number of amides is 1. The van der Waals surface area contributed by atoms with Crippen molar-refractivity contribution in [3.8, 4) is 0 Å². The van der Waals surface area contributed by atoms with E-state index in [0.717, 1.165) is 11.8 Å². The number of nitrogens with one attached hydrogen (secondary N) is 1. The second kappa shape index (κ2) is 4.99. The number of ether oxygens (including phenoxy) is 1. The number of benzene rings is 1. The van der Waals surface area contributed by atoms with E-state index in [0.29, 0.717) is 11.3 Å². The summed E-state index contributed by atoms with van der Waals surface area (Å²) in [5.74, 6) is 0. The molecule has 0 radical (unpaired) electrons. The Balaban J connectivity index is 2.81. The Hall–Kier alpha value is -1.84. The smallest absolute Gasteiger partial charge is 0.412 e. The van der Waals surface area contributed by atoms with Gasteiger partial charge in [0.25, 0.3) is 0 Å². The zero-order valence-corrected chi connectivity index (χ0v) is 10.5. The lowest BCUT2D eigenvalue weighted by Crippen LogP contribution is -2.27. The molecule has 4 nitrogen and oxygen atoms in total. The predicted molar refractivity (Wildman–Crippen MR) is 66.4 cm³/mol. The Morgan fingerprint density at radius 2 is 2.00 bits per heavy atom. The molecule has 0 unspecified atom stereocenters. The normalized spacial score (nSPS) is 10.8. The lowest BCUT2D eigenvalue weighted by atomic mass is 10.1. The van der Waals surface area contributed by atoms with Crippen molar-refractivity contribution in [2.75, 3.05) is 5.32 Å². The van der Waals surface area contributed by atoms with Crippen molar-refractivity contribution in [2.24, 2.45) is 0 Å². The van der Waals surface area contributed by atoms with E-state index in [1.807, 2.05) is 6.92 Å². The van der Waals surface area contributed by atoms with Gasteiger partial charge in [-0.25, -0.2) is 4.79 Å². The fourth-order valence-electron chi connectivity index (χ4n) is 1.26. The molecule has 1 N–H and O–H groups in total.